The Kier molecular flexibility index (Phi) is 4.48. The van der Waals surface area contributed by atoms with Crippen LogP contribution < -0.4 is 10.9 Å². The van der Waals surface area contributed by atoms with E-state index in [9.17, 15) is 4.79 Å². The summed E-state index contributed by atoms with van der Waals surface area (Å²) in [4.78, 5) is 19.8. The zero-order chi connectivity index (χ0) is 15.4. The number of H-pyrrole nitrogens is 1. The molecule has 0 aromatic carbocycles. The van der Waals surface area contributed by atoms with Crippen LogP contribution in [0.5, 0.6) is 0 Å². The van der Waals surface area contributed by atoms with Gasteiger partial charge in [-0.1, -0.05) is 37.6 Å². The molecule has 2 aromatic heterocycles. The van der Waals surface area contributed by atoms with Crippen molar-refractivity contribution in [2.75, 3.05) is 6.54 Å². The van der Waals surface area contributed by atoms with Crippen LogP contribution in [0.25, 0.3) is 5.78 Å². The van der Waals surface area contributed by atoms with E-state index >= 15 is 0 Å². The molecular weight excluding hydrogens is 278 g/mol. The van der Waals surface area contributed by atoms with Gasteiger partial charge in [0.25, 0.3) is 5.56 Å². The number of unbranched alkanes of at least 4 members (excludes halogenated alkanes) is 1. The summed E-state index contributed by atoms with van der Waals surface area (Å²) in [5.74, 6) is 1.34. The fourth-order valence-corrected chi connectivity index (χ4v) is 2.50. The highest BCUT2D eigenvalue weighted by molar-refractivity contribution is 5.31. The number of rotatable bonds is 6. The summed E-state index contributed by atoms with van der Waals surface area (Å²) in [5, 5.41) is 7.66. The molecule has 2 aromatic rings. The van der Waals surface area contributed by atoms with Gasteiger partial charge in [0.05, 0.1) is 0 Å². The molecular formula is C16H21N5O. The van der Waals surface area contributed by atoms with Gasteiger partial charge in [-0.25, -0.2) is 0 Å². The molecule has 116 valence electrons. The van der Waals surface area contributed by atoms with E-state index in [-0.39, 0.29) is 11.5 Å². The van der Waals surface area contributed by atoms with Crippen LogP contribution in [0.3, 0.4) is 0 Å². The largest absolute Gasteiger partial charge is 0.326 e. The van der Waals surface area contributed by atoms with Gasteiger partial charge in [0, 0.05) is 24.2 Å². The highest BCUT2D eigenvalue weighted by atomic mass is 16.1. The molecule has 0 spiro atoms. The number of allylic oxidation sites excluding steroid dienone is 4. The fourth-order valence-electron chi connectivity index (χ4n) is 2.50. The lowest BCUT2D eigenvalue weighted by atomic mass is 10.0. The highest BCUT2D eigenvalue weighted by Gasteiger charge is 2.16. The second kappa shape index (κ2) is 6.70. The molecule has 1 aliphatic carbocycles. The minimum Gasteiger partial charge on any atom is -0.326 e. The number of hydrogen-bond acceptors (Lipinski definition) is 4. The second-order valence-electron chi connectivity index (χ2n) is 5.52. The summed E-state index contributed by atoms with van der Waals surface area (Å²) in [5.41, 5.74) is 0.696. The van der Waals surface area contributed by atoms with Crippen LogP contribution in [0, 0.1) is 0 Å². The van der Waals surface area contributed by atoms with Crippen LogP contribution in [0.15, 0.2) is 35.2 Å². The van der Waals surface area contributed by atoms with E-state index in [0.717, 1.165) is 31.5 Å². The van der Waals surface area contributed by atoms with E-state index in [1.165, 1.54) is 4.52 Å². The second-order valence-corrected chi connectivity index (χ2v) is 5.52. The van der Waals surface area contributed by atoms with E-state index in [1.54, 1.807) is 6.07 Å². The van der Waals surface area contributed by atoms with Gasteiger partial charge in [-0.3, -0.25) is 4.79 Å². The SMILES string of the molecule is CCCCNCc1cc(=O)n2nc(C3C=CC=CC3)nc2[nH]1. The number of nitrogens with one attached hydrogen (secondary N) is 2. The summed E-state index contributed by atoms with van der Waals surface area (Å²) < 4.78 is 1.34. The van der Waals surface area contributed by atoms with Crippen molar-refractivity contribution in [3.8, 4) is 0 Å². The number of hydrogen-bond donors (Lipinski definition) is 2. The monoisotopic (exact) mass is 299 g/mol. The third kappa shape index (κ3) is 3.17. The molecule has 0 aliphatic heterocycles. The van der Waals surface area contributed by atoms with Crippen molar-refractivity contribution in [2.24, 2.45) is 0 Å². The molecule has 1 aliphatic rings. The van der Waals surface area contributed by atoms with Crippen molar-refractivity contribution in [3.05, 3.63) is 52.2 Å². The fraction of sp³-hybridized carbons (Fsp3) is 0.438. The maximum absolute atomic E-state index is 12.2. The highest BCUT2D eigenvalue weighted by Crippen LogP contribution is 2.21. The topological polar surface area (TPSA) is 75.1 Å². The van der Waals surface area contributed by atoms with Crippen molar-refractivity contribution < 1.29 is 0 Å². The van der Waals surface area contributed by atoms with Gasteiger partial charge in [-0.2, -0.15) is 9.50 Å². The first-order valence-corrected chi connectivity index (χ1v) is 7.81. The average Bonchev–Trinajstić information content (AvgIpc) is 2.97. The molecule has 0 fully saturated rings. The summed E-state index contributed by atoms with van der Waals surface area (Å²) in [6, 6.07) is 1.58. The minimum atomic E-state index is -0.143. The van der Waals surface area contributed by atoms with E-state index in [4.69, 9.17) is 0 Å². The number of nitrogens with zero attached hydrogens (tertiary/aromatic N) is 3. The van der Waals surface area contributed by atoms with Crippen LogP contribution in [-0.2, 0) is 6.54 Å². The molecule has 2 heterocycles. The summed E-state index contributed by atoms with van der Waals surface area (Å²) >= 11 is 0. The van der Waals surface area contributed by atoms with Gasteiger partial charge >= 0.3 is 0 Å². The summed E-state index contributed by atoms with van der Waals surface area (Å²) in [6.07, 6.45) is 11.3. The van der Waals surface area contributed by atoms with Gasteiger partial charge in [-0.05, 0) is 19.4 Å². The van der Waals surface area contributed by atoms with Crippen molar-refractivity contribution in [1.82, 2.24) is 24.9 Å². The lowest BCUT2D eigenvalue weighted by Crippen LogP contribution is -2.20. The third-order valence-corrected chi connectivity index (χ3v) is 3.74. The first kappa shape index (κ1) is 14.7. The lowest BCUT2D eigenvalue weighted by Gasteiger charge is -2.06. The molecule has 6 heteroatoms. The van der Waals surface area contributed by atoms with Gasteiger partial charge in [0.1, 0.15) is 0 Å². The number of aromatic nitrogens is 4. The van der Waals surface area contributed by atoms with E-state index in [1.807, 2.05) is 12.2 Å². The Hall–Kier alpha value is -2.21. The van der Waals surface area contributed by atoms with Gasteiger partial charge < -0.3 is 10.3 Å². The smallest absolute Gasteiger partial charge is 0.275 e. The number of fused-ring (bicyclic) bond motifs is 1. The molecule has 1 unspecified atom stereocenters. The normalized spacial score (nSPS) is 17.4. The molecule has 0 amide bonds. The Morgan fingerprint density at radius 2 is 2.36 bits per heavy atom. The molecule has 6 nitrogen and oxygen atoms in total. The van der Waals surface area contributed by atoms with Crippen molar-refractivity contribution in [2.45, 2.75) is 38.6 Å². The maximum Gasteiger partial charge on any atom is 0.275 e. The first-order valence-electron chi connectivity index (χ1n) is 7.81. The standard InChI is InChI=1S/C16H21N5O/c1-2-3-9-17-11-13-10-14(22)21-16(18-13)19-15(20-21)12-7-5-4-6-8-12/h4-7,10,12,17H,2-3,8-9,11H2,1H3,(H,18,19,20). The van der Waals surface area contributed by atoms with E-state index in [2.05, 4.69) is 39.5 Å². The van der Waals surface area contributed by atoms with Crippen molar-refractivity contribution in [1.29, 1.82) is 0 Å². The van der Waals surface area contributed by atoms with Crippen LogP contribution in [0.2, 0.25) is 0 Å². The predicted molar refractivity (Wildman–Crippen MR) is 85.9 cm³/mol. The van der Waals surface area contributed by atoms with Crippen molar-refractivity contribution >= 4 is 5.78 Å². The van der Waals surface area contributed by atoms with Crippen LogP contribution in [-0.4, -0.2) is 26.1 Å². The van der Waals surface area contributed by atoms with E-state index in [0.29, 0.717) is 18.1 Å². The number of aromatic amines is 1. The molecule has 1 atom stereocenters. The molecule has 0 saturated heterocycles. The molecule has 0 saturated carbocycles. The summed E-state index contributed by atoms with van der Waals surface area (Å²) in [6.45, 7) is 3.74. The van der Waals surface area contributed by atoms with Crippen LogP contribution >= 0.6 is 0 Å². The van der Waals surface area contributed by atoms with Gasteiger partial charge in [-0.15, -0.1) is 5.10 Å². The Labute approximate surface area is 129 Å². The molecule has 3 rings (SSSR count). The van der Waals surface area contributed by atoms with Gasteiger partial charge in [0.15, 0.2) is 5.82 Å². The first-order chi connectivity index (χ1) is 10.8. The Morgan fingerprint density at radius 3 is 3.14 bits per heavy atom. The maximum atomic E-state index is 12.2. The molecule has 0 bridgehead atoms. The quantitative estimate of drug-likeness (QED) is 0.799. The van der Waals surface area contributed by atoms with Crippen LogP contribution in [0.1, 0.15) is 43.6 Å². The van der Waals surface area contributed by atoms with Crippen molar-refractivity contribution in [3.63, 3.8) is 0 Å². The van der Waals surface area contributed by atoms with Gasteiger partial charge in [0.2, 0.25) is 5.78 Å². The lowest BCUT2D eigenvalue weighted by molar-refractivity contribution is 0.631. The van der Waals surface area contributed by atoms with Crippen LogP contribution in [0.4, 0.5) is 0 Å². The van der Waals surface area contributed by atoms with E-state index < -0.39 is 0 Å². The third-order valence-electron chi connectivity index (χ3n) is 3.74. The average molecular weight is 299 g/mol. The zero-order valence-corrected chi connectivity index (χ0v) is 12.7. The molecule has 22 heavy (non-hydrogen) atoms. The Morgan fingerprint density at radius 1 is 1.45 bits per heavy atom. The summed E-state index contributed by atoms with van der Waals surface area (Å²) in [7, 11) is 0. The Balaban J connectivity index is 1.82. The Bertz CT molecular complexity index is 755. The molecule has 0 radical (unpaired) electrons. The minimum absolute atomic E-state index is 0.142. The predicted octanol–water partition coefficient (Wildman–Crippen LogP) is 1.91. The molecule has 2 N–H and O–H groups in total. The zero-order valence-electron chi connectivity index (χ0n) is 12.7.